The van der Waals surface area contributed by atoms with Gasteiger partial charge in [0.15, 0.2) is 0 Å². The zero-order valence-corrected chi connectivity index (χ0v) is 13.9. The number of amides is 1. The highest BCUT2D eigenvalue weighted by Gasteiger charge is 2.17. The summed E-state index contributed by atoms with van der Waals surface area (Å²) < 4.78 is 5.77. The van der Waals surface area contributed by atoms with E-state index in [1.54, 1.807) is 12.1 Å². The first-order valence-corrected chi connectivity index (χ1v) is 8.60. The predicted octanol–water partition coefficient (Wildman–Crippen LogP) is 2.63. The molecule has 0 spiro atoms. The van der Waals surface area contributed by atoms with E-state index in [1.807, 2.05) is 31.7 Å². The number of nitrogens with zero attached hydrogens (tertiary/aromatic N) is 3. The summed E-state index contributed by atoms with van der Waals surface area (Å²) in [6.45, 7) is 3.72. The number of pyridine rings is 1. The molecule has 1 saturated heterocycles. The summed E-state index contributed by atoms with van der Waals surface area (Å²) in [5.41, 5.74) is 2.06. The molecule has 2 aromatic heterocycles. The smallest absolute Gasteiger partial charge is 0.259 e. The minimum absolute atomic E-state index is 0.218. The lowest BCUT2D eigenvalue weighted by molar-refractivity contribution is 0.102. The first-order valence-electron chi connectivity index (χ1n) is 7.44. The van der Waals surface area contributed by atoms with Gasteiger partial charge < -0.3 is 4.74 Å². The van der Waals surface area contributed by atoms with Gasteiger partial charge in [-0.25, -0.2) is 15.0 Å². The molecule has 0 radical (unpaired) electrons. The van der Waals surface area contributed by atoms with Crippen LogP contribution in [0, 0.1) is 13.8 Å². The van der Waals surface area contributed by atoms with Gasteiger partial charge in [-0.1, -0.05) is 0 Å². The van der Waals surface area contributed by atoms with E-state index in [2.05, 4.69) is 20.3 Å². The van der Waals surface area contributed by atoms with Gasteiger partial charge in [0, 0.05) is 29.4 Å². The Morgan fingerprint density at radius 1 is 1.30 bits per heavy atom. The van der Waals surface area contributed by atoms with Crippen LogP contribution < -0.4 is 10.1 Å². The standard InChI is InChI=1S/C16H18N4O2S/c1-10-7-11(2)19-16(18-10)20-15(21)12-3-4-14(17-8-12)22-13-5-6-23-9-13/h3-4,7-8,13H,5-6,9H2,1-2H3,(H,18,19,20,21). The molecule has 2 aromatic rings. The van der Waals surface area contributed by atoms with Crippen molar-refractivity contribution < 1.29 is 9.53 Å². The molecular weight excluding hydrogens is 312 g/mol. The fourth-order valence-electron chi connectivity index (χ4n) is 2.32. The second kappa shape index (κ2) is 6.95. The Labute approximate surface area is 139 Å². The van der Waals surface area contributed by atoms with Crippen molar-refractivity contribution >= 4 is 23.6 Å². The van der Waals surface area contributed by atoms with E-state index in [9.17, 15) is 4.79 Å². The van der Waals surface area contributed by atoms with Crippen LogP contribution in [0.2, 0.25) is 0 Å². The third-order valence-electron chi connectivity index (χ3n) is 3.38. The second-order valence-electron chi connectivity index (χ2n) is 5.42. The summed E-state index contributed by atoms with van der Waals surface area (Å²) in [4.78, 5) is 24.8. The zero-order valence-electron chi connectivity index (χ0n) is 13.1. The number of hydrogen-bond acceptors (Lipinski definition) is 6. The van der Waals surface area contributed by atoms with Crippen LogP contribution in [0.15, 0.2) is 24.4 Å². The van der Waals surface area contributed by atoms with Crippen molar-refractivity contribution in [3.63, 3.8) is 0 Å². The number of carbonyl (C=O) groups excluding carboxylic acids is 1. The van der Waals surface area contributed by atoms with E-state index < -0.39 is 0 Å². The van der Waals surface area contributed by atoms with Crippen molar-refractivity contribution in [2.75, 3.05) is 16.8 Å². The van der Waals surface area contributed by atoms with Gasteiger partial charge in [-0.15, -0.1) is 0 Å². The first-order chi connectivity index (χ1) is 11.1. The van der Waals surface area contributed by atoms with Gasteiger partial charge in [0.2, 0.25) is 11.8 Å². The monoisotopic (exact) mass is 330 g/mol. The number of aromatic nitrogens is 3. The first kappa shape index (κ1) is 15.7. The number of rotatable bonds is 4. The Kier molecular flexibility index (Phi) is 4.76. The topological polar surface area (TPSA) is 77.0 Å². The third kappa shape index (κ3) is 4.19. The second-order valence-corrected chi connectivity index (χ2v) is 6.57. The van der Waals surface area contributed by atoms with Gasteiger partial charge in [-0.3, -0.25) is 10.1 Å². The van der Waals surface area contributed by atoms with E-state index in [0.717, 1.165) is 29.3 Å². The molecule has 0 bridgehead atoms. The Balaban J connectivity index is 1.65. The summed E-state index contributed by atoms with van der Waals surface area (Å²) >= 11 is 1.88. The van der Waals surface area contributed by atoms with Gasteiger partial charge in [0.25, 0.3) is 5.91 Å². The normalized spacial score (nSPS) is 17.0. The molecule has 1 amide bonds. The lowest BCUT2D eigenvalue weighted by atomic mass is 10.2. The minimum Gasteiger partial charge on any atom is -0.473 e. The van der Waals surface area contributed by atoms with Crippen LogP contribution in [0.3, 0.4) is 0 Å². The summed E-state index contributed by atoms with van der Waals surface area (Å²) in [6.07, 6.45) is 2.77. The van der Waals surface area contributed by atoms with Crippen LogP contribution in [-0.2, 0) is 0 Å². The summed E-state index contributed by atoms with van der Waals surface area (Å²) in [6, 6.07) is 5.27. The molecule has 1 aliphatic rings. The van der Waals surface area contributed by atoms with Crippen molar-refractivity contribution in [3.8, 4) is 5.88 Å². The lowest BCUT2D eigenvalue weighted by Gasteiger charge is -2.11. The fourth-order valence-corrected chi connectivity index (χ4v) is 3.41. The van der Waals surface area contributed by atoms with Gasteiger partial charge in [-0.2, -0.15) is 11.8 Å². The molecule has 0 aliphatic carbocycles. The quantitative estimate of drug-likeness (QED) is 0.928. The van der Waals surface area contributed by atoms with Crippen LogP contribution in [0.25, 0.3) is 0 Å². The van der Waals surface area contributed by atoms with Crippen molar-refractivity contribution in [2.45, 2.75) is 26.4 Å². The number of ether oxygens (including phenoxy) is 1. The molecule has 0 aromatic carbocycles. The molecule has 3 rings (SSSR count). The molecule has 1 unspecified atom stereocenters. The molecule has 1 aliphatic heterocycles. The Hall–Kier alpha value is -2.15. The van der Waals surface area contributed by atoms with E-state index >= 15 is 0 Å². The predicted molar refractivity (Wildman–Crippen MR) is 90.1 cm³/mol. The Bertz CT molecular complexity index is 679. The molecule has 3 heterocycles. The van der Waals surface area contributed by atoms with Gasteiger partial charge >= 0.3 is 0 Å². The highest BCUT2D eigenvalue weighted by atomic mass is 32.2. The highest BCUT2D eigenvalue weighted by Crippen LogP contribution is 2.22. The maximum atomic E-state index is 12.2. The van der Waals surface area contributed by atoms with Gasteiger partial charge in [-0.05, 0) is 38.2 Å². The van der Waals surface area contributed by atoms with Crippen molar-refractivity contribution in [3.05, 3.63) is 41.3 Å². The molecular formula is C16H18N4O2S. The van der Waals surface area contributed by atoms with Crippen LogP contribution in [0.5, 0.6) is 5.88 Å². The average Bonchev–Trinajstić information content (AvgIpc) is 3.00. The number of aryl methyl sites for hydroxylation is 2. The molecule has 0 saturated carbocycles. The average molecular weight is 330 g/mol. The maximum Gasteiger partial charge on any atom is 0.259 e. The molecule has 7 heteroatoms. The largest absolute Gasteiger partial charge is 0.473 e. The van der Waals surface area contributed by atoms with Gasteiger partial charge in [0.05, 0.1) is 5.56 Å². The zero-order chi connectivity index (χ0) is 16.2. The molecule has 120 valence electrons. The molecule has 23 heavy (non-hydrogen) atoms. The van der Waals surface area contributed by atoms with Crippen LogP contribution in [0.4, 0.5) is 5.95 Å². The number of nitrogens with one attached hydrogen (secondary N) is 1. The number of hydrogen-bond donors (Lipinski definition) is 1. The maximum absolute atomic E-state index is 12.2. The fraction of sp³-hybridized carbons (Fsp3) is 0.375. The summed E-state index contributed by atoms with van der Waals surface area (Å²) in [5, 5.41) is 2.69. The summed E-state index contributed by atoms with van der Waals surface area (Å²) in [5.74, 6) is 2.69. The SMILES string of the molecule is Cc1cc(C)nc(NC(=O)c2ccc(OC3CCSC3)nc2)n1. The van der Waals surface area contributed by atoms with Crippen LogP contribution >= 0.6 is 11.8 Å². The number of anilines is 1. The summed E-state index contributed by atoms with van der Waals surface area (Å²) in [7, 11) is 0. The Morgan fingerprint density at radius 2 is 2.09 bits per heavy atom. The third-order valence-corrected chi connectivity index (χ3v) is 4.51. The number of thioether (sulfide) groups is 1. The van der Waals surface area contributed by atoms with Crippen LogP contribution in [0.1, 0.15) is 28.2 Å². The van der Waals surface area contributed by atoms with E-state index in [4.69, 9.17) is 4.74 Å². The molecule has 1 fully saturated rings. The molecule has 6 nitrogen and oxygen atoms in total. The number of carbonyl (C=O) groups is 1. The molecule has 1 N–H and O–H groups in total. The highest BCUT2D eigenvalue weighted by molar-refractivity contribution is 7.99. The van der Waals surface area contributed by atoms with Crippen molar-refractivity contribution in [1.29, 1.82) is 0 Å². The van der Waals surface area contributed by atoms with Crippen molar-refractivity contribution in [1.82, 2.24) is 15.0 Å². The van der Waals surface area contributed by atoms with E-state index in [0.29, 0.717) is 17.4 Å². The van der Waals surface area contributed by atoms with Crippen molar-refractivity contribution in [2.24, 2.45) is 0 Å². The lowest BCUT2D eigenvalue weighted by Crippen LogP contribution is -2.17. The van der Waals surface area contributed by atoms with Gasteiger partial charge in [0.1, 0.15) is 6.10 Å². The molecule has 1 atom stereocenters. The van der Waals surface area contributed by atoms with E-state index in [-0.39, 0.29) is 12.0 Å². The van der Waals surface area contributed by atoms with Crippen LogP contribution in [-0.4, -0.2) is 38.5 Å². The minimum atomic E-state index is -0.287. The Morgan fingerprint density at radius 3 is 2.70 bits per heavy atom. The van der Waals surface area contributed by atoms with E-state index in [1.165, 1.54) is 6.20 Å².